The van der Waals surface area contributed by atoms with Crippen molar-refractivity contribution in [3.63, 3.8) is 0 Å². The molecule has 1 unspecified atom stereocenters. The Morgan fingerprint density at radius 2 is 1.93 bits per heavy atom. The van der Waals surface area contributed by atoms with E-state index in [4.69, 9.17) is 4.74 Å². The van der Waals surface area contributed by atoms with Gasteiger partial charge in [-0.15, -0.1) is 0 Å². The smallest absolute Gasteiger partial charge is 0.313 e. The molecule has 0 saturated carbocycles. The van der Waals surface area contributed by atoms with E-state index in [-0.39, 0.29) is 19.1 Å². The number of amides is 1. The van der Waals surface area contributed by atoms with E-state index < -0.39 is 11.4 Å². The minimum Gasteiger partial charge on any atom is -0.481 e. The average molecular weight is 370 g/mol. The fourth-order valence-electron chi connectivity index (χ4n) is 4.06. The van der Waals surface area contributed by atoms with Crippen molar-refractivity contribution in [2.24, 2.45) is 5.41 Å². The molecular weight excluding hydrogens is 344 g/mol. The molecule has 1 saturated heterocycles. The van der Waals surface area contributed by atoms with Crippen LogP contribution in [0.4, 0.5) is 0 Å². The Hall–Kier alpha value is -2.60. The second-order valence-corrected chi connectivity index (χ2v) is 7.30. The molecule has 144 valence electrons. The minimum absolute atomic E-state index is 0.106. The van der Waals surface area contributed by atoms with Crippen molar-refractivity contribution in [1.29, 1.82) is 0 Å². The summed E-state index contributed by atoms with van der Waals surface area (Å²) in [4.78, 5) is 26.7. The number of aryl methyl sites for hydroxylation is 1. The number of aromatic nitrogens is 1. The molecule has 1 aromatic heterocycles. The topological polar surface area (TPSA) is 71.8 Å². The highest BCUT2D eigenvalue weighted by Gasteiger charge is 2.44. The highest BCUT2D eigenvalue weighted by atomic mass is 16.5. The van der Waals surface area contributed by atoms with Crippen LogP contribution in [0.1, 0.15) is 34.6 Å². The van der Waals surface area contributed by atoms with Gasteiger partial charge < -0.3 is 19.3 Å². The number of nitrogens with zero attached hydrogens (tertiary/aromatic N) is 2. The van der Waals surface area contributed by atoms with E-state index in [0.717, 1.165) is 17.1 Å². The molecule has 27 heavy (non-hydrogen) atoms. The van der Waals surface area contributed by atoms with Crippen LogP contribution >= 0.6 is 0 Å². The van der Waals surface area contributed by atoms with Gasteiger partial charge in [-0.3, -0.25) is 9.59 Å². The van der Waals surface area contributed by atoms with Crippen LogP contribution < -0.4 is 0 Å². The molecule has 6 heteroatoms. The highest BCUT2D eigenvalue weighted by molar-refractivity contribution is 5.96. The van der Waals surface area contributed by atoms with E-state index in [2.05, 4.69) is 4.57 Å². The lowest BCUT2D eigenvalue weighted by molar-refractivity contribution is -0.155. The van der Waals surface area contributed by atoms with Crippen molar-refractivity contribution in [2.45, 2.75) is 26.7 Å². The number of carboxylic acid groups (broad SMARTS) is 1. The van der Waals surface area contributed by atoms with Crippen LogP contribution in [0.2, 0.25) is 0 Å². The first-order valence-corrected chi connectivity index (χ1v) is 9.15. The molecule has 1 aliphatic heterocycles. The second kappa shape index (κ2) is 7.56. The lowest BCUT2D eigenvalue weighted by Crippen LogP contribution is -2.52. The molecule has 1 fully saturated rings. The van der Waals surface area contributed by atoms with Crippen LogP contribution in [0.3, 0.4) is 0 Å². The Morgan fingerprint density at radius 1 is 1.22 bits per heavy atom. The van der Waals surface area contributed by atoms with Crippen molar-refractivity contribution >= 4 is 11.9 Å². The Morgan fingerprint density at radius 3 is 2.56 bits per heavy atom. The molecule has 1 N–H and O–H groups in total. The Kier molecular flexibility index (Phi) is 5.37. The molecule has 2 aromatic rings. The number of rotatable bonds is 5. The largest absolute Gasteiger partial charge is 0.481 e. The lowest BCUT2D eigenvalue weighted by atomic mass is 9.80. The standard InChI is InChI=1S/C21H26N2O4/c1-15-12-18(16(2)23(15)17-8-5-4-6-9-17)19(24)22-11-7-10-21(13-22,14-27-3)20(25)26/h4-6,8-9,12H,7,10-11,13-14H2,1-3H3,(H,25,26). The van der Waals surface area contributed by atoms with Gasteiger partial charge in [0.1, 0.15) is 5.41 Å². The predicted molar refractivity (Wildman–Crippen MR) is 102 cm³/mol. The van der Waals surface area contributed by atoms with Gasteiger partial charge in [0.05, 0.1) is 12.2 Å². The quantitative estimate of drug-likeness (QED) is 0.878. The maximum atomic E-state index is 13.2. The fourth-order valence-corrected chi connectivity index (χ4v) is 4.06. The van der Waals surface area contributed by atoms with Crippen LogP contribution in [-0.4, -0.2) is 53.3 Å². The first-order valence-electron chi connectivity index (χ1n) is 9.15. The van der Waals surface area contributed by atoms with Gasteiger partial charge in [-0.25, -0.2) is 0 Å². The molecule has 0 spiro atoms. The molecule has 0 radical (unpaired) electrons. The van der Waals surface area contributed by atoms with Crippen molar-refractivity contribution in [2.75, 3.05) is 26.8 Å². The van der Waals surface area contributed by atoms with Crippen LogP contribution in [-0.2, 0) is 9.53 Å². The van der Waals surface area contributed by atoms with E-state index in [9.17, 15) is 14.7 Å². The van der Waals surface area contributed by atoms with Gasteiger partial charge in [-0.05, 0) is 44.9 Å². The number of piperidine rings is 1. The van der Waals surface area contributed by atoms with Crippen molar-refractivity contribution in [3.05, 3.63) is 53.3 Å². The number of methoxy groups -OCH3 is 1. The molecular formula is C21H26N2O4. The Labute approximate surface area is 159 Å². The highest BCUT2D eigenvalue weighted by Crippen LogP contribution is 2.32. The van der Waals surface area contributed by atoms with Gasteiger partial charge in [0.2, 0.25) is 0 Å². The first-order chi connectivity index (χ1) is 12.9. The summed E-state index contributed by atoms with van der Waals surface area (Å²) >= 11 is 0. The number of carbonyl (C=O) groups excluding carboxylic acids is 1. The summed E-state index contributed by atoms with van der Waals surface area (Å²) in [6.45, 7) is 4.74. The van der Waals surface area contributed by atoms with Gasteiger partial charge in [-0.2, -0.15) is 0 Å². The molecule has 1 amide bonds. The number of hydrogen-bond donors (Lipinski definition) is 1. The monoisotopic (exact) mass is 370 g/mol. The average Bonchev–Trinajstić information content (AvgIpc) is 2.96. The third-order valence-corrected chi connectivity index (χ3v) is 5.41. The normalized spacial score (nSPS) is 19.9. The van der Waals surface area contributed by atoms with Crippen LogP contribution in [0.15, 0.2) is 36.4 Å². The number of likely N-dealkylation sites (tertiary alicyclic amines) is 1. The molecule has 6 nitrogen and oxygen atoms in total. The first kappa shape index (κ1) is 19.2. The van der Waals surface area contributed by atoms with Gasteiger partial charge in [0.25, 0.3) is 5.91 Å². The molecule has 0 aliphatic carbocycles. The molecule has 1 atom stereocenters. The van der Waals surface area contributed by atoms with Crippen LogP contribution in [0, 0.1) is 19.3 Å². The fraction of sp³-hybridized carbons (Fsp3) is 0.429. The van der Waals surface area contributed by atoms with Crippen molar-refractivity contribution in [3.8, 4) is 5.69 Å². The van der Waals surface area contributed by atoms with Crippen molar-refractivity contribution < 1.29 is 19.4 Å². The number of benzene rings is 1. The summed E-state index contributed by atoms with van der Waals surface area (Å²) in [5, 5.41) is 9.72. The number of hydrogen-bond acceptors (Lipinski definition) is 3. The summed E-state index contributed by atoms with van der Waals surface area (Å²) < 4.78 is 7.21. The number of aliphatic carboxylic acids is 1. The van der Waals surface area contributed by atoms with Gasteiger partial charge in [-0.1, -0.05) is 18.2 Å². The van der Waals surface area contributed by atoms with Crippen molar-refractivity contribution in [1.82, 2.24) is 9.47 Å². The zero-order valence-electron chi connectivity index (χ0n) is 16.1. The maximum Gasteiger partial charge on any atom is 0.313 e. The third kappa shape index (κ3) is 3.49. The predicted octanol–water partition coefficient (Wildman–Crippen LogP) is 3.05. The lowest BCUT2D eigenvalue weighted by Gasteiger charge is -2.39. The zero-order chi connectivity index (χ0) is 19.6. The summed E-state index contributed by atoms with van der Waals surface area (Å²) in [5.41, 5.74) is 2.43. The SMILES string of the molecule is COCC1(C(=O)O)CCCN(C(=O)c2cc(C)n(-c3ccccc3)c2C)C1. The summed E-state index contributed by atoms with van der Waals surface area (Å²) in [6, 6.07) is 11.8. The summed E-state index contributed by atoms with van der Waals surface area (Å²) in [6.07, 6.45) is 1.17. The second-order valence-electron chi connectivity index (χ2n) is 7.30. The molecule has 1 aromatic carbocycles. The summed E-state index contributed by atoms with van der Waals surface area (Å²) in [5.74, 6) is -1.02. The molecule has 2 heterocycles. The van der Waals surface area contributed by atoms with E-state index in [1.54, 1.807) is 4.90 Å². The maximum absolute atomic E-state index is 13.2. The molecule has 3 rings (SSSR count). The Bertz CT molecular complexity index is 839. The number of carboxylic acids is 1. The minimum atomic E-state index is -1.03. The molecule has 1 aliphatic rings. The third-order valence-electron chi connectivity index (χ3n) is 5.41. The van der Waals surface area contributed by atoms with Gasteiger partial charge in [0, 0.05) is 37.3 Å². The van der Waals surface area contributed by atoms with E-state index in [1.807, 2.05) is 50.2 Å². The molecule has 0 bridgehead atoms. The number of ether oxygens (including phenoxy) is 1. The van der Waals surface area contributed by atoms with E-state index in [1.165, 1.54) is 7.11 Å². The van der Waals surface area contributed by atoms with E-state index >= 15 is 0 Å². The van der Waals surface area contributed by atoms with Crippen LogP contribution in [0.25, 0.3) is 5.69 Å². The van der Waals surface area contributed by atoms with Gasteiger partial charge in [0.15, 0.2) is 0 Å². The van der Waals surface area contributed by atoms with E-state index in [0.29, 0.717) is 24.9 Å². The van der Waals surface area contributed by atoms with Crippen LogP contribution in [0.5, 0.6) is 0 Å². The Balaban J connectivity index is 1.91. The number of carbonyl (C=O) groups is 2. The zero-order valence-corrected chi connectivity index (χ0v) is 16.1. The van der Waals surface area contributed by atoms with Gasteiger partial charge >= 0.3 is 5.97 Å². The number of para-hydroxylation sites is 1. The summed E-state index contributed by atoms with van der Waals surface area (Å²) in [7, 11) is 1.50.